The van der Waals surface area contributed by atoms with Gasteiger partial charge in [0.05, 0.1) is 5.56 Å². The fourth-order valence-corrected chi connectivity index (χ4v) is 5.16. The number of hydrogen-bond donors (Lipinski definition) is 1. The smallest absolute Gasteiger partial charge is 0.249 e. The lowest BCUT2D eigenvalue weighted by Gasteiger charge is -2.17. The van der Waals surface area contributed by atoms with E-state index in [1.165, 1.54) is 22.3 Å². The van der Waals surface area contributed by atoms with Gasteiger partial charge in [-0.1, -0.05) is 30.7 Å². The van der Waals surface area contributed by atoms with Crippen molar-refractivity contribution in [3.05, 3.63) is 68.8 Å². The summed E-state index contributed by atoms with van der Waals surface area (Å²) >= 11 is 7.71. The van der Waals surface area contributed by atoms with Crippen LogP contribution in [0.2, 0.25) is 5.02 Å². The third kappa shape index (κ3) is 4.21. The Hall–Kier alpha value is -2.81. The Bertz CT molecular complexity index is 1180. The van der Waals surface area contributed by atoms with Gasteiger partial charge < -0.3 is 9.73 Å². The number of nitrogens with zero attached hydrogens (tertiary/aromatic N) is 1. The van der Waals surface area contributed by atoms with Crippen LogP contribution in [0.1, 0.15) is 40.7 Å². The second kappa shape index (κ2) is 8.51. The molecule has 1 aliphatic carbocycles. The quantitative estimate of drug-likeness (QED) is 0.467. The van der Waals surface area contributed by atoms with Gasteiger partial charge in [0.25, 0.3) is 0 Å². The van der Waals surface area contributed by atoms with Gasteiger partial charge in [-0.3, -0.25) is 4.79 Å². The summed E-state index contributed by atoms with van der Waals surface area (Å²) in [5, 5.41) is 13.7. The highest BCUT2D eigenvalue weighted by Crippen LogP contribution is 2.39. The van der Waals surface area contributed by atoms with E-state index >= 15 is 0 Å². The largest absolute Gasteiger partial charge is 0.457 e. The van der Waals surface area contributed by atoms with Crippen LogP contribution in [0.4, 0.5) is 5.00 Å². The standard InChI is InChI=1S/C24H21ClN2O2S/c1-14-3-8-18-19(13-26)24(30-22(18)11-14)27-23(28)10-7-17-6-9-21(29-17)16-5-4-15(2)20(25)12-16/h4-7,9-10,12,14H,3,8,11H2,1-2H3,(H,27,28)/b10-7+. The number of furan rings is 1. The predicted molar refractivity (Wildman–Crippen MR) is 122 cm³/mol. The zero-order valence-electron chi connectivity index (χ0n) is 16.8. The average Bonchev–Trinajstić information content (AvgIpc) is 3.32. The van der Waals surface area contributed by atoms with Crippen molar-refractivity contribution in [2.75, 3.05) is 5.32 Å². The van der Waals surface area contributed by atoms with Gasteiger partial charge in [-0.05, 0) is 67.5 Å². The fourth-order valence-electron chi connectivity index (χ4n) is 3.61. The minimum Gasteiger partial charge on any atom is -0.457 e. The molecule has 0 saturated carbocycles. The molecule has 1 N–H and O–H groups in total. The van der Waals surface area contributed by atoms with E-state index in [-0.39, 0.29) is 5.91 Å². The van der Waals surface area contributed by atoms with Gasteiger partial charge in [0.1, 0.15) is 22.6 Å². The molecule has 0 fully saturated rings. The van der Waals surface area contributed by atoms with Crippen molar-refractivity contribution in [1.29, 1.82) is 5.26 Å². The molecule has 1 unspecified atom stereocenters. The zero-order valence-corrected chi connectivity index (χ0v) is 18.4. The summed E-state index contributed by atoms with van der Waals surface area (Å²) in [5.41, 5.74) is 3.60. The number of benzene rings is 1. The Morgan fingerprint density at radius 3 is 2.97 bits per heavy atom. The molecule has 30 heavy (non-hydrogen) atoms. The minimum atomic E-state index is -0.283. The van der Waals surface area contributed by atoms with Crippen LogP contribution in [-0.2, 0) is 17.6 Å². The molecule has 1 aliphatic rings. The molecule has 1 aromatic carbocycles. The number of amides is 1. The van der Waals surface area contributed by atoms with Crippen LogP contribution >= 0.6 is 22.9 Å². The zero-order chi connectivity index (χ0) is 21.3. The molecule has 1 amide bonds. The monoisotopic (exact) mass is 436 g/mol. The number of rotatable bonds is 4. The molecule has 4 nitrogen and oxygen atoms in total. The molecule has 2 heterocycles. The van der Waals surface area contributed by atoms with Gasteiger partial charge in [-0.25, -0.2) is 0 Å². The van der Waals surface area contributed by atoms with Crippen LogP contribution in [0.25, 0.3) is 17.4 Å². The highest BCUT2D eigenvalue weighted by atomic mass is 35.5. The molecule has 2 aromatic heterocycles. The summed E-state index contributed by atoms with van der Waals surface area (Å²) < 4.78 is 5.81. The van der Waals surface area contributed by atoms with Gasteiger partial charge in [-0.15, -0.1) is 11.3 Å². The lowest BCUT2D eigenvalue weighted by Crippen LogP contribution is -2.10. The van der Waals surface area contributed by atoms with Crippen LogP contribution in [0.5, 0.6) is 0 Å². The summed E-state index contributed by atoms with van der Waals surface area (Å²) in [6.07, 6.45) is 6.00. The molecule has 0 spiro atoms. The second-order valence-corrected chi connectivity index (χ2v) is 9.17. The Morgan fingerprint density at radius 1 is 1.37 bits per heavy atom. The van der Waals surface area contributed by atoms with Gasteiger partial charge in [0.15, 0.2) is 0 Å². The van der Waals surface area contributed by atoms with E-state index in [1.807, 2.05) is 31.2 Å². The van der Waals surface area contributed by atoms with Crippen LogP contribution in [-0.4, -0.2) is 5.91 Å². The maximum Gasteiger partial charge on any atom is 0.249 e. The summed E-state index contributed by atoms with van der Waals surface area (Å²) in [5.74, 6) is 1.58. The molecule has 0 radical (unpaired) electrons. The fraction of sp³-hybridized carbons (Fsp3) is 0.250. The van der Waals surface area contributed by atoms with E-state index in [2.05, 4.69) is 18.3 Å². The summed E-state index contributed by atoms with van der Waals surface area (Å²) in [4.78, 5) is 13.6. The van der Waals surface area contributed by atoms with E-state index < -0.39 is 0 Å². The number of thiophene rings is 1. The molecular formula is C24H21ClN2O2S. The number of hydrogen-bond acceptors (Lipinski definition) is 4. The van der Waals surface area contributed by atoms with E-state index in [0.29, 0.717) is 33.0 Å². The first-order chi connectivity index (χ1) is 14.4. The van der Waals surface area contributed by atoms with Gasteiger partial charge in [-0.2, -0.15) is 5.26 Å². The number of anilines is 1. The SMILES string of the molecule is Cc1ccc(-c2ccc(/C=C/C(=O)Nc3sc4c(c3C#N)CCC(C)C4)o2)cc1Cl. The first kappa shape index (κ1) is 20.5. The van der Waals surface area contributed by atoms with Crippen LogP contribution in [0.15, 0.2) is 40.8 Å². The average molecular weight is 437 g/mol. The van der Waals surface area contributed by atoms with Crippen molar-refractivity contribution in [2.45, 2.75) is 33.1 Å². The van der Waals surface area contributed by atoms with Crippen molar-refractivity contribution >= 4 is 39.9 Å². The number of nitriles is 1. The molecule has 4 rings (SSSR count). The topological polar surface area (TPSA) is 66.0 Å². The third-order valence-corrected chi connectivity index (χ3v) is 6.92. The predicted octanol–water partition coefficient (Wildman–Crippen LogP) is 6.62. The summed E-state index contributed by atoms with van der Waals surface area (Å²) in [7, 11) is 0. The number of fused-ring (bicyclic) bond motifs is 1. The molecule has 6 heteroatoms. The van der Waals surface area contributed by atoms with Gasteiger partial charge in [0, 0.05) is 21.5 Å². The molecule has 0 bridgehead atoms. The molecule has 0 aliphatic heterocycles. The second-order valence-electron chi connectivity index (χ2n) is 7.66. The van der Waals surface area contributed by atoms with Crippen LogP contribution in [0, 0.1) is 24.2 Å². The van der Waals surface area contributed by atoms with Crippen molar-refractivity contribution < 1.29 is 9.21 Å². The van der Waals surface area contributed by atoms with Crippen molar-refractivity contribution in [3.8, 4) is 17.4 Å². The number of nitrogens with one attached hydrogen (secondary N) is 1. The summed E-state index contributed by atoms with van der Waals surface area (Å²) in [6, 6.07) is 11.7. The van der Waals surface area contributed by atoms with Crippen molar-refractivity contribution in [2.24, 2.45) is 5.92 Å². The first-order valence-corrected chi connectivity index (χ1v) is 11.0. The molecule has 1 atom stereocenters. The summed E-state index contributed by atoms with van der Waals surface area (Å²) in [6.45, 7) is 4.17. The van der Waals surface area contributed by atoms with Crippen LogP contribution < -0.4 is 5.32 Å². The molecule has 3 aromatic rings. The van der Waals surface area contributed by atoms with Gasteiger partial charge in [0.2, 0.25) is 5.91 Å². The van der Waals surface area contributed by atoms with Crippen molar-refractivity contribution in [1.82, 2.24) is 0 Å². The Morgan fingerprint density at radius 2 is 2.20 bits per heavy atom. The lowest BCUT2D eigenvalue weighted by molar-refractivity contribution is -0.111. The van der Waals surface area contributed by atoms with E-state index in [9.17, 15) is 10.1 Å². The molecule has 152 valence electrons. The van der Waals surface area contributed by atoms with E-state index in [1.54, 1.807) is 12.1 Å². The molecular weight excluding hydrogens is 416 g/mol. The number of carbonyl (C=O) groups is 1. The Labute approximate surface area is 184 Å². The van der Waals surface area contributed by atoms with E-state index in [4.69, 9.17) is 16.0 Å². The molecule has 0 saturated heterocycles. The minimum absolute atomic E-state index is 0.283. The Kier molecular flexibility index (Phi) is 5.80. The van der Waals surface area contributed by atoms with Crippen LogP contribution in [0.3, 0.4) is 0 Å². The number of aryl methyl sites for hydroxylation is 1. The highest BCUT2D eigenvalue weighted by molar-refractivity contribution is 7.16. The highest BCUT2D eigenvalue weighted by Gasteiger charge is 2.24. The third-order valence-electron chi connectivity index (χ3n) is 5.34. The Balaban J connectivity index is 1.47. The van der Waals surface area contributed by atoms with E-state index in [0.717, 1.165) is 36.0 Å². The maximum atomic E-state index is 12.4. The number of halogens is 1. The normalized spacial score (nSPS) is 15.7. The number of carbonyl (C=O) groups excluding carboxylic acids is 1. The maximum absolute atomic E-state index is 12.4. The van der Waals surface area contributed by atoms with Crippen molar-refractivity contribution in [3.63, 3.8) is 0 Å². The first-order valence-electron chi connectivity index (χ1n) is 9.84. The van der Waals surface area contributed by atoms with Gasteiger partial charge >= 0.3 is 0 Å². The lowest BCUT2D eigenvalue weighted by atomic mass is 9.89.